The predicted octanol–water partition coefficient (Wildman–Crippen LogP) is 1.03. The van der Waals surface area contributed by atoms with Gasteiger partial charge in [-0.1, -0.05) is 19.1 Å². The number of aliphatic hydroxyl groups is 1. The summed E-state index contributed by atoms with van der Waals surface area (Å²) in [6.07, 6.45) is 2.62. The number of rotatable bonds is 4. The van der Waals surface area contributed by atoms with Crippen LogP contribution in [0.25, 0.3) is 0 Å². The molecule has 0 spiro atoms. The Labute approximate surface area is 66.4 Å². The fraction of sp³-hybridized carbons (Fsp3) is 0.625. The van der Waals surface area contributed by atoms with Crippen LogP contribution in [0.4, 0.5) is 0 Å². The highest BCUT2D eigenvalue weighted by Crippen LogP contribution is 2.07. The van der Waals surface area contributed by atoms with Gasteiger partial charge in [0.2, 0.25) is 0 Å². The summed E-state index contributed by atoms with van der Waals surface area (Å²) >= 11 is 0. The Morgan fingerprint density at radius 1 is 1.64 bits per heavy atom. The quantitative estimate of drug-likeness (QED) is 0.601. The molecular formula is C8H14O3. The fourth-order valence-electron chi connectivity index (χ4n) is 0.797. The second kappa shape index (κ2) is 4.91. The fourth-order valence-corrected chi connectivity index (χ4v) is 0.797. The summed E-state index contributed by atoms with van der Waals surface area (Å²) in [5.41, 5.74) is 0. The molecule has 0 amide bonds. The highest BCUT2D eigenvalue weighted by atomic mass is 16.4. The first-order valence-corrected chi connectivity index (χ1v) is 3.60. The van der Waals surface area contributed by atoms with Crippen molar-refractivity contribution < 1.29 is 15.0 Å². The molecule has 3 nitrogen and oxygen atoms in total. The van der Waals surface area contributed by atoms with Crippen LogP contribution in [0, 0.1) is 5.92 Å². The lowest BCUT2D eigenvalue weighted by Gasteiger charge is -2.11. The Morgan fingerprint density at radius 2 is 2.18 bits per heavy atom. The highest BCUT2D eigenvalue weighted by Gasteiger charge is 2.14. The van der Waals surface area contributed by atoms with Crippen molar-refractivity contribution in [3.8, 4) is 0 Å². The van der Waals surface area contributed by atoms with Crippen molar-refractivity contribution in [2.75, 3.05) is 0 Å². The molecule has 3 heteroatoms. The molecule has 0 saturated carbocycles. The Bertz CT molecular complexity index is 151. The van der Waals surface area contributed by atoms with Crippen LogP contribution in [-0.2, 0) is 4.79 Å². The van der Waals surface area contributed by atoms with Gasteiger partial charge in [-0.05, 0) is 6.92 Å². The summed E-state index contributed by atoms with van der Waals surface area (Å²) in [5.74, 6) is -1.05. The maximum absolute atomic E-state index is 10.1. The number of carboxylic acid groups (broad SMARTS) is 1. The number of aliphatic hydroxyl groups excluding tert-OH is 1. The molecule has 0 aliphatic carbocycles. The second-order valence-corrected chi connectivity index (χ2v) is 2.55. The van der Waals surface area contributed by atoms with Gasteiger partial charge in [0.05, 0.1) is 12.5 Å². The molecule has 64 valence electrons. The lowest BCUT2D eigenvalue weighted by atomic mass is 10.0. The van der Waals surface area contributed by atoms with E-state index in [9.17, 15) is 9.90 Å². The molecule has 2 atom stereocenters. The molecule has 2 N–H and O–H groups in total. The first-order chi connectivity index (χ1) is 5.07. The average molecular weight is 158 g/mol. The first kappa shape index (κ1) is 10.2. The standard InChI is InChI=1S/C8H14O3/c1-3-4-6(2)7(9)5-8(10)11/h3-4,6-7,9H,5H2,1-2H3,(H,10,11)/b4-3-/t6-,7-/m1/s1. The third kappa shape index (κ3) is 4.56. The topological polar surface area (TPSA) is 57.5 Å². The van der Waals surface area contributed by atoms with Crippen LogP contribution in [0.2, 0.25) is 0 Å². The van der Waals surface area contributed by atoms with E-state index in [4.69, 9.17) is 5.11 Å². The summed E-state index contributed by atoms with van der Waals surface area (Å²) in [6.45, 7) is 3.62. The summed E-state index contributed by atoms with van der Waals surface area (Å²) in [4.78, 5) is 10.1. The maximum atomic E-state index is 10.1. The third-order valence-corrected chi connectivity index (χ3v) is 1.49. The normalized spacial score (nSPS) is 16.6. The van der Waals surface area contributed by atoms with Crippen molar-refractivity contribution in [3.05, 3.63) is 12.2 Å². The van der Waals surface area contributed by atoms with Crippen molar-refractivity contribution in [2.45, 2.75) is 26.4 Å². The third-order valence-electron chi connectivity index (χ3n) is 1.49. The van der Waals surface area contributed by atoms with Gasteiger partial charge >= 0.3 is 5.97 Å². The van der Waals surface area contributed by atoms with Crippen LogP contribution in [0.3, 0.4) is 0 Å². The zero-order chi connectivity index (χ0) is 8.85. The van der Waals surface area contributed by atoms with Crippen molar-refractivity contribution in [1.82, 2.24) is 0 Å². The molecule has 0 bridgehead atoms. The Morgan fingerprint density at radius 3 is 2.55 bits per heavy atom. The van der Waals surface area contributed by atoms with E-state index in [1.54, 1.807) is 19.1 Å². The van der Waals surface area contributed by atoms with Crippen LogP contribution in [0.5, 0.6) is 0 Å². The molecule has 0 aliphatic heterocycles. The first-order valence-electron chi connectivity index (χ1n) is 3.60. The second-order valence-electron chi connectivity index (χ2n) is 2.55. The van der Waals surface area contributed by atoms with E-state index >= 15 is 0 Å². The largest absolute Gasteiger partial charge is 0.481 e. The molecular weight excluding hydrogens is 144 g/mol. The summed E-state index contributed by atoms with van der Waals surface area (Å²) in [6, 6.07) is 0. The lowest BCUT2D eigenvalue weighted by Crippen LogP contribution is -2.19. The smallest absolute Gasteiger partial charge is 0.305 e. The lowest BCUT2D eigenvalue weighted by molar-refractivity contribution is -0.139. The average Bonchev–Trinajstić information content (AvgIpc) is 1.86. The number of hydrogen-bond donors (Lipinski definition) is 2. The highest BCUT2D eigenvalue weighted by molar-refractivity contribution is 5.67. The van der Waals surface area contributed by atoms with Crippen LogP contribution in [-0.4, -0.2) is 22.3 Å². The molecule has 0 aliphatic rings. The Kier molecular flexibility index (Phi) is 4.54. The minimum Gasteiger partial charge on any atom is -0.481 e. The van der Waals surface area contributed by atoms with E-state index < -0.39 is 12.1 Å². The van der Waals surface area contributed by atoms with E-state index in [1.807, 2.05) is 6.92 Å². The van der Waals surface area contributed by atoms with E-state index in [1.165, 1.54) is 0 Å². The summed E-state index contributed by atoms with van der Waals surface area (Å²) < 4.78 is 0. The zero-order valence-electron chi connectivity index (χ0n) is 6.82. The number of aliphatic carboxylic acids is 1. The van der Waals surface area contributed by atoms with Crippen molar-refractivity contribution in [1.29, 1.82) is 0 Å². The van der Waals surface area contributed by atoms with Crippen LogP contribution in [0.1, 0.15) is 20.3 Å². The number of carbonyl (C=O) groups is 1. The maximum Gasteiger partial charge on any atom is 0.305 e. The van der Waals surface area contributed by atoms with Gasteiger partial charge in [0.15, 0.2) is 0 Å². The predicted molar refractivity (Wildman–Crippen MR) is 42.2 cm³/mol. The molecule has 0 aromatic carbocycles. The van der Waals surface area contributed by atoms with E-state index in [-0.39, 0.29) is 12.3 Å². The summed E-state index contributed by atoms with van der Waals surface area (Å²) in [5, 5.41) is 17.5. The van der Waals surface area contributed by atoms with Gasteiger partial charge in [-0.3, -0.25) is 4.79 Å². The van der Waals surface area contributed by atoms with Gasteiger partial charge in [-0.15, -0.1) is 0 Å². The van der Waals surface area contributed by atoms with Gasteiger partial charge in [0.25, 0.3) is 0 Å². The van der Waals surface area contributed by atoms with Gasteiger partial charge in [0.1, 0.15) is 0 Å². The van der Waals surface area contributed by atoms with E-state index in [0.29, 0.717) is 0 Å². The molecule has 0 rings (SSSR count). The molecule has 0 radical (unpaired) electrons. The van der Waals surface area contributed by atoms with Crippen LogP contribution in [0.15, 0.2) is 12.2 Å². The molecule has 0 saturated heterocycles. The van der Waals surface area contributed by atoms with E-state index in [0.717, 1.165) is 0 Å². The van der Waals surface area contributed by atoms with E-state index in [2.05, 4.69) is 0 Å². The van der Waals surface area contributed by atoms with Crippen LogP contribution < -0.4 is 0 Å². The van der Waals surface area contributed by atoms with Gasteiger partial charge in [0, 0.05) is 5.92 Å². The van der Waals surface area contributed by atoms with Crippen LogP contribution >= 0.6 is 0 Å². The molecule has 0 fully saturated rings. The van der Waals surface area contributed by atoms with Gasteiger partial charge in [-0.2, -0.15) is 0 Å². The van der Waals surface area contributed by atoms with Gasteiger partial charge < -0.3 is 10.2 Å². The molecule has 0 aromatic rings. The van der Waals surface area contributed by atoms with Gasteiger partial charge in [-0.25, -0.2) is 0 Å². The Balaban J connectivity index is 3.81. The monoisotopic (exact) mass is 158 g/mol. The molecule has 0 unspecified atom stereocenters. The molecule has 0 heterocycles. The molecule has 0 aromatic heterocycles. The minimum absolute atomic E-state index is 0.0869. The van der Waals surface area contributed by atoms with Crippen molar-refractivity contribution in [2.24, 2.45) is 5.92 Å². The van der Waals surface area contributed by atoms with Crippen molar-refractivity contribution in [3.63, 3.8) is 0 Å². The van der Waals surface area contributed by atoms with Crippen molar-refractivity contribution >= 4 is 5.97 Å². The number of hydrogen-bond acceptors (Lipinski definition) is 2. The Hall–Kier alpha value is -0.830. The number of carboxylic acids is 1. The molecule has 11 heavy (non-hydrogen) atoms. The zero-order valence-corrected chi connectivity index (χ0v) is 6.82. The SMILES string of the molecule is C/C=C\[C@@H](C)[C@H](O)CC(=O)O. The minimum atomic E-state index is -0.964. The summed E-state index contributed by atoms with van der Waals surface area (Å²) in [7, 11) is 0. The number of allylic oxidation sites excluding steroid dienone is 1.